The first-order chi connectivity index (χ1) is 11.7. The Bertz CT molecular complexity index is 1100. The van der Waals surface area contributed by atoms with Gasteiger partial charge in [-0.2, -0.15) is 13.4 Å². The molecule has 0 spiro atoms. The average Bonchev–Trinajstić information content (AvgIpc) is 2.94. The van der Waals surface area contributed by atoms with Crippen molar-refractivity contribution in [1.29, 1.82) is 0 Å². The van der Waals surface area contributed by atoms with Gasteiger partial charge >= 0.3 is 5.97 Å². The molecule has 0 atom stereocenters. The van der Waals surface area contributed by atoms with Gasteiger partial charge in [0.25, 0.3) is 21.0 Å². The first kappa shape index (κ1) is 16.8. The van der Waals surface area contributed by atoms with Crippen molar-refractivity contribution in [3.05, 3.63) is 46.8 Å². The largest absolute Gasteiger partial charge is 0.478 e. The summed E-state index contributed by atoms with van der Waals surface area (Å²) in [5.41, 5.74) is 1.47. The molecule has 0 bridgehead atoms. The summed E-state index contributed by atoms with van der Waals surface area (Å²) in [6.07, 6.45) is 1.55. The number of rotatable bonds is 4. The maximum absolute atomic E-state index is 12.6. The number of hydrogen-bond acceptors (Lipinski definition) is 6. The van der Waals surface area contributed by atoms with Gasteiger partial charge in [-0.25, -0.2) is 14.3 Å². The van der Waals surface area contributed by atoms with Crippen molar-refractivity contribution >= 4 is 27.5 Å². The van der Waals surface area contributed by atoms with Crippen molar-refractivity contribution in [3.63, 3.8) is 0 Å². The highest BCUT2D eigenvalue weighted by Crippen LogP contribution is 2.26. The summed E-state index contributed by atoms with van der Waals surface area (Å²) in [7, 11) is -4.18. The van der Waals surface area contributed by atoms with Crippen molar-refractivity contribution in [2.75, 3.05) is 4.72 Å². The van der Waals surface area contributed by atoms with Gasteiger partial charge in [-0.1, -0.05) is 12.1 Å². The summed E-state index contributed by atoms with van der Waals surface area (Å²) >= 11 is 0. The Kier molecular flexibility index (Phi) is 3.91. The van der Waals surface area contributed by atoms with Gasteiger partial charge in [0.05, 0.1) is 11.3 Å². The molecule has 9 nitrogen and oxygen atoms in total. The number of carbonyl (C=O) groups is 1. The second-order valence-electron chi connectivity index (χ2n) is 5.57. The minimum atomic E-state index is -4.18. The minimum Gasteiger partial charge on any atom is -0.478 e. The fourth-order valence-electron chi connectivity index (χ4n) is 2.36. The molecular weight excluding hydrogens is 346 g/mol. The Morgan fingerprint density at radius 3 is 2.48 bits per heavy atom. The zero-order valence-corrected chi connectivity index (χ0v) is 14.5. The molecular formula is C15H15N5O4S. The predicted octanol–water partition coefficient (Wildman–Crippen LogP) is 1.55. The van der Waals surface area contributed by atoms with Gasteiger partial charge in [0, 0.05) is 11.9 Å². The Morgan fingerprint density at radius 2 is 1.80 bits per heavy atom. The number of nitrogens with zero attached hydrogens (tertiary/aromatic N) is 4. The predicted molar refractivity (Wildman–Crippen MR) is 89.2 cm³/mol. The summed E-state index contributed by atoms with van der Waals surface area (Å²) in [6.45, 7) is 4.96. The third-order valence-electron chi connectivity index (χ3n) is 3.64. The van der Waals surface area contributed by atoms with Crippen molar-refractivity contribution in [3.8, 4) is 0 Å². The minimum absolute atomic E-state index is 0.00417. The van der Waals surface area contributed by atoms with Crippen molar-refractivity contribution in [1.82, 2.24) is 19.6 Å². The van der Waals surface area contributed by atoms with Crippen LogP contribution < -0.4 is 4.72 Å². The van der Waals surface area contributed by atoms with Crippen LogP contribution in [0.1, 0.15) is 27.2 Å². The second-order valence-corrected chi connectivity index (χ2v) is 7.14. The third-order valence-corrected chi connectivity index (χ3v) is 4.77. The Labute approximate surface area is 143 Å². The van der Waals surface area contributed by atoms with Crippen LogP contribution in [0.4, 0.5) is 5.69 Å². The molecule has 0 fully saturated rings. The summed E-state index contributed by atoms with van der Waals surface area (Å²) in [5, 5.41) is 12.8. The molecule has 0 aliphatic heterocycles. The molecule has 2 heterocycles. The number of anilines is 1. The van der Waals surface area contributed by atoms with Crippen LogP contribution in [0.2, 0.25) is 0 Å². The molecule has 0 aliphatic rings. The van der Waals surface area contributed by atoms with E-state index in [1.165, 1.54) is 4.52 Å². The monoisotopic (exact) mass is 361 g/mol. The molecule has 3 aromatic rings. The number of carboxylic acids is 1. The van der Waals surface area contributed by atoms with Crippen LogP contribution in [0.15, 0.2) is 29.6 Å². The maximum Gasteiger partial charge on any atom is 0.338 e. The lowest BCUT2D eigenvalue weighted by Gasteiger charge is -2.13. The van der Waals surface area contributed by atoms with E-state index in [9.17, 15) is 18.3 Å². The quantitative estimate of drug-likeness (QED) is 0.722. The topological polar surface area (TPSA) is 127 Å². The molecule has 10 heteroatoms. The lowest BCUT2D eigenvalue weighted by molar-refractivity contribution is 0.0697. The Hall–Kier alpha value is -3.01. The smallest absolute Gasteiger partial charge is 0.338 e. The number of hydrogen-bond donors (Lipinski definition) is 2. The van der Waals surface area contributed by atoms with Crippen LogP contribution in [0.25, 0.3) is 5.78 Å². The van der Waals surface area contributed by atoms with Gasteiger partial charge in [0.2, 0.25) is 0 Å². The highest BCUT2D eigenvalue weighted by molar-refractivity contribution is 7.92. The fourth-order valence-corrected chi connectivity index (χ4v) is 3.38. The molecule has 3 rings (SSSR count). The third kappa shape index (κ3) is 3.03. The first-order valence-corrected chi connectivity index (χ1v) is 8.74. The molecule has 2 N–H and O–H groups in total. The standard InChI is InChI=1S/C15H15N5O4S/c1-8-4-5-9(2)12(11(8)13(21)22)19-25(23,24)15-17-14-16-10(3)6-7-20(14)18-15/h4-7,19H,1-3H3,(H,21,22). The first-order valence-electron chi connectivity index (χ1n) is 7.25. The van der Waals surface area contributed by atoms with Crippen LogP contribution in [0.3, 0.4) is 0 Å². The van der Waals surface area contributed by atoms with Crippen LogP contribution >= 0.6 is 0 Å². The van der Waals surface area contributed by atoms with Crippen molar-refractivity contribution < 1.29 is 18.3 Å². The summed E-state index contributed by atoms with van der Waals surface area (Å²) < 4.78 is 28.8. The Morgan fingerprint density at radius 1 is 1.12 bits per heavy atom. The van der Waals surface area contributed by atoms with E-state index in [4.69, 9.17) is 0 Å². The van der Waals surface area contributed by atoms with E-state index in [1.807, 2.05) is 0 Å². The number of carboxylic acid groups (broad SMARTS) is 1. The molecule has 2 aromatic heterocycles. The number of sulfonamides is 1. The molecule has 0 saturated carbocycles. The van der Waals surface area contributed by atoms with Gasteiger partial charge in [0.1, 0.15) is 0 Å². The number of aromatic carboxylic acids is 1. The molecule has 0 unspecified atom stereocenters. The van der Waals surface area contributed by atoms with E-state index in [-0.39, 0.29) is 17.0 Å². The van der Waals surface area contributed by atoms with Gasteiger partial charge in [0.15, 0.2) is 0 Å². The van der Waals surface area contributed by atoms with Crippen molar-refractivity contribution in [2.45, 2.75) is 25.9 Å². The maximum atomic E-state index is 12.6. The van der Waals surface area contributed by atoms with Gasteiger partial charge in [-0.15, -0.1) is 5.10 Å². The number of aromatic nitrogens is 4. The molecule has 0 radical (unpaired) electrons. The molecule has 0 saturated heterocycles. The molecule has 0 aliphatic carbocycles. The van der Waals surface area contributed by atoms with Gasteiger partial charge in [-0.05, 0) is 38.0 Å². The molecule has 1 aromatic carbocycles. The van der Waals surface area contributed by atoms with E-state index in [0.29, 0.717) is 16.8 Å². The van der Waals surface area contributed by atoms with E-state index < -0.39 is 21.1 Å². The molecule has 130 valence electrons. The number of aryl methyl sites for hydroxylation is 3. The van der Waals surface area contributed by atoms with Crippen molar-refractivity contribution in [2.24, 2.45) is 0 Å². The van der Waals surface area contributed by atoms with Crippen LogP contribution in [-0.2, 0) is 10.0 Å². The second kappa shape index (κ2) is 5.81. The summed E-state index contributed by atoms with van der Waals surface area (Å²) in [4.78, 5) is 19.5. The zero-order chi connectivity index (χ0) is 18.4. The van der Waals surface area contributed by atoms with Crippen LogP contribution in [-0.4, -0.2) is 39.1 Å². The molecule has 0 amide bonds. The van der Waals surface area contributed by atoms with Gasteiger partial charge in [-0.3, -0.25) is 4.72 Å². The average molecular weight is 361 g/mol. The number of benzene rings is 1. The summed E-state index contributed by atoms with van der Waals surface area (Å²) in [6, 6.07) is 4.92. The molecule has 25 heavy (non-hydrogen) atoms. The Balaban J connectivity index is 2.10. The lowest BCUT2D eigenvalue weighted by atomic mass is 10.0. The van der Waals surface area contributed by atoms with Gasteiger partial charge < -0.3 is 5.11 Å². The highest BCUT2D eigenvalue weighted by atomic mass is 32.2. The summed E-state index contributed by atoms with van der Waals surface area (Å²) in [5.74, 6) is -1.08. The SMILES string of the molecule is Cc1ccn2nc(S(=O)(=O)Nc3c(C)ccc(C)c3C(=O)O)nc2n1. The fraction of sp³-hybridized carbons (Fsp3) is 0.200. The lowest BCUT2D eigenvalue weighted by Crippen LogP contribution is -2.18. The highest BCUT2D eigenvalue weighted by Gasteiger charge is 2.25. The van der Waals surface area contributed by atoms with Crippen LogP contribution in [0.5, 0.6) is 0 Å². The van der Waals surface area contributed by atoms with E-state index in [0.717, 1.165) is 0 Å². The zero-order valence-electron chi connectivity index (χ0n) is 13.7. The van der Waals surface area contributed by atoms with E-state index in [1.54, 1.807) is 45.2 Å². The van der Waals surface area contributed by atoms with Crippen LogP contribution in [0, 0.1) is 20.8 Å². The van der Waals surface area contributed by atoms with E-state index in [2.05, 4.69) is 19.8 Å². The number of nitrogens with one attached hydrogen (secondary N) is 1. The number of fused-ring (bicyclic) bond motifs is 1. The normalized spacial score (nSPS) is 11.6. The van der Waals surface area contributed by atoms with E-state index >= 15 is 0 Å².